The Balaban J connectivity index is 2.48. The number of nitrogens with one attached hydrogen (secondary N) is 1. The van der Waals surface area contributed by atoms with Gasteiger partial charge in [0.2, 0.25) is 0 Å². The van der Waals surface area contributed by atoms with Gasteiger partial charge < -0.3 is 16.2 Å². The minimum atomic E-state index is -1.29. The van der Waals surface area contributed by atoms with E-state index in [1.807, 2.05) is 0 Å². The maximum Gasteiger partial charge on any atom is 0.322 e. The number of carbonyl (C=O) groups excluding carboxylic acids is 1. The second-order valence-electron chi connectivity index (χ2n) is 3.52. The number of hydrogen-bond donors (Lipinski definition) is 3. The first-order valence-corrected chi connectivity index (χ1v) is 4.60. The molecule has 1 heterocycles. The van der Waals surface area contributed by atoms with Gasteiger partial charge in [-0.25, -0.2) is 4.39 Å². The highest BCUT2D eigenvalue weighted by atomic mass is 19.1. The van der Waals surface area contributed by atoms with Crippen molar-refractivity contribution < 1.29 is 19.1 Å². The van der Waals surface area contributed by atoms with Gasteiger partial charge >= 0.3 is 5.97 Å². The number of rotatable bonds is 2. The van der Waals surface area contributed by atoms with Crippen molar-refractivity contribution in [3.05, 3.63) is 35.1 Å². The van der Waals surface area contributed by atoms with Crippen LogP contribution in [0.1, 0.15) is 22.0 Å². The lowest BCUT2D eigenvalue weighted by atomic mass is 9.99. The molecule has 1 aromatic carbocycles. The Hall–Kier alpha value is -1.95. The molecule has 1 aliphatic rings. The number of halogens is 1. The van der Waals surface area contributed by atoms with E-state index in [0.29, 0.717) is 5.56 Å². The van der Waals surface area contributed by atoms with E-state index >= 15 is 0 Å². The average molecular weight is 224 g/mol. The summed E-state index contributed by atoms with van der Waals surface area (Å²) in [6, 6.07) is 1.88. The van der Waals surface area contributed by atoms with Gasteiger partial charge in [-0.2, -0.15) is 0 Å². The van der Waals surface area contributed by atoms with E-state index < -0.39 is 29.8 Å². The number of amides is 1. The zero-order chi connectivity index (χ0) is 11.9. The van der Waals surface area contributed by atoms with Gasteiger partial charge in [0.15, 0.2) is 0 Å². The molecule has 0 aliphatic carbocycles. The predicted molar refractivity (Wildman–Crippen MR) is 52.2 cm³/mol. The third-order valence-corrected chi connectivity index (χ3v) is 2.54. The summed E-state index contributed by atoms with van der Waals surface area (Å²) in [6.45, 7) is 0. The topological polar surface area (TPSA) is 92.4 Å². The summed E-state index contributed by atoms with van der Waals surface area (Å²) >= 11 is 0. The summed E-state index contributed by atoms with van der Waals surface area (Å²) in [5.74, 6) is -2.55. The van der Waals surface area contributed by atoms with Crippen molar-refractivity contribution in [2.24, 2.45) is 5.73 Å². The van der Waals surface area contributed by atoms with Gasteiger partial charge in [-0.3, -0.25) is 9.59 Å². The number of benzene rings is 1. The van der Waals surface area contributed by atoms with Crippen LogP contribution in [0, 0.1) is 5.82 Å². The van der Waals surface area contributed by atoms with Gasteiger partial charge in [0.05, 0.1) is 11.6 Å². The van der Waals surface area contributed by atoms with Crippen LogP contribution < -0.4 is 11.1 Å². The molecule has 0 bridgehead atoms. The molecule has 6 heteroatoms. The summed E-state index contributed by atoms with van der Waals surface area (Å²) in [7, 11) is 0. The molecule has 2 rings (SSSR count). The molecule has 84 valence electrons. The van der Waals surface area contributed by atoms with Crippen LogP contribution in [0.25, 0.3) is 0 Å². The first kappa shape index (κ1) is 10.6. The second kappa shape index (κ2) is 3.57. The molecule has 0 saturated heterocycles. The smallest absolute Gasteiger partial charge is 0.322 e. The van der Waals surface area contributed by atoms with Crippen LogP contribution in [0.2, 0.25) is 0 Å². The molecule has 1 amide bonds. The molecule has 1 aliphatic heterocycles. The van der Waals surface area contributed by atoms with Crippen LogP contribution in [-0.2, 0) is 4.79 Å². The van der Waals surface area contributed by atoms with Gasteiger partial charge in [0, 0.05) is 0 Å². The highest BCUT2D eigenvalue weighted by Crippen LogP contribution is 2.28. The number of carbonyl (C=O) groups is 2. The van der Waals surface area contributed by atoms with Crippen LogP contribution in [-0.4, -0.2) is 23.0 Å². The number of carboxylic acids is 1. The molecular formula is C10H9FN2O3. The molecule has 0 radical (unpaired) electrons. The summed E-state index contributed by atoms with van der Waals surface area (Å²) in [4.78, 5) is 22.1. The van der Waals surface area contributed by atoms with E-state index in [1.54, 1.807) is 0 Å². The van der Waals surface area contributed by atoms with Crippen LogP contribution in [0.3, 0.4) is 0 Å². The summed E-state index contributed by atoms with van der Waals surface area (Å²) in [5.41, 5.74) is 5.58. The van der Waals surface area contributed by atoms with Crippen LogP contribution in [0.15, 0.2) is 18.2 Å². The fraction of sp³-hybridized carbons (Fsp3) is 0.200. The minimum absolute atomic E-state index is 0.121. The third kappa shape index (κ3) is 1.43. The zero-order valence-electron chi connectivity index (χ0n) is 8.11. The van der Waals surface area contributed by atoms with Crippen molar-refractivity contribution >= 4 is 11.9 Å². The Morgan fingerprint density at radius 3 is 2.88 bits per heavy atom. The molecule has 0 aromatic heterocycles. The van der Waals surface area contributed by atoms with Gasteiger partial charge in [0.25, 0.3) is 5.91 Å². The van der Waals surface area contributed by atoms with Gasteiger partial charge in [-0.1, -0.05) is 12.1 Å². The fourth-order valence-corrected chi connectivity index (χ4v) is 1.76. The van der Waals surface area contributed by atoms with Gasteiger partial charge in [0.1, 0.15) is 11.9 Å². The number of carboxylic acid groups (broad SMARTS) is 1. The SMILES string of the molecule is N[C@@H](C(=O)O)[C@H]1NC(=O)c2c(F)cccc21. The first-order valence-electron chi connectivity index (χ1n) is 4.60. The number of nitrogens with two attached hydrogens (primary N) is 1. The monoisotopic (exact) mass is 224 g/mol. The predicted octanol–water partition coefficient (Wildman–Crippen LogP) is 0.0221. The van der Waals surface area contributed by atoms with Crippen LogP contribution in [0.5, 0.6) is 0 Å². The van der Waals surface area contributed by atoms with Crippen molar-refractivity contribution in [2.45, 2.75) is 12.1 Å². The van der Waals surface area contributed by atoms with E-state index in [9.17, 15) is 14.0 Å². The molecule has 2 atom stereocenters. The number of fused-ring (bicyclic) bond motifs is 1. The lowest BCUT2D eigenvalue weighted by molar-refractivity contribution is -0.139. The van der Waals surface area contributed by atoms with Crippen molar-refractivity contribution in [3.8, 4) is 0 Å². The van der Waals surface area contributed by atoms with Crippen molar-refractivity contribution in [2.75, 3.05) is 0 Å². The van der Waals surface area contributed by atoms with Gasteiger partial charge in [-0.05, 0) is 11.6 Å². The molecule has 4 N–H and O–H groups in total. The van der Waals surface area contributed by atoms with Crippen LogP contribution in [0.4, 0.5) is 4.39 Å². The molecule has 5 nitrogen and oxygen atoms in total. The average Bonchev–Trinajstić information content (AvgIpc) is 2.56. The van der Waals surface area contributed by atoms with E-state index in [0.717, 1.165) is 6.07 Å². The van der Waals surface area contributed by atoms with Crippen molar-refractivity contribution in [3.63, 3.8) is 0 Å². The summed E-state index contributed by atoms with van der Waals surface area (Å²) < 4.78 is 13.3. The first-order chi connectivity index (χ1) is 7.52. The minimum Gasteiger partial charge on any atom is -0.480 e. The zero-order valence-corrected chi connectivity index (χ0v) is 8.11. The van der Waals surface area contributed by atoms with Crippen molar-refractivity contribution in [1.29, 1.82) is 0 Å². The highest BCUT2D eigenvalue weighted by Gasteiger charge is 2.37. The highest BCUT2D eigenvalue weighted by molar-refractivity contribution is 6.00. The number of aliphatic carboxylic acids is 1. The molecule has 16 heavy (non-hydrogen) atoms. The lowest BCUT2D eigenvalue weighted by Gasteiger charge is -2.15. The molecule has 0 saturated carbocycles. The molecule has 0 unspecified atom stereocenters. The Morgan fingerprint density at radius 1 is 1.56 bits per heavy atom. The Bertz CT molecular complexity index is 475. The largest absolute Gasteiger partial charge is 0.480 e. The van der Waals surface area contributed by atoms with E-state index in [2.05, 4.69) is 5.32 Å². The standard InChI is InChI=1S/C10H9FN2O3/c11-5-3-1-2-4-6(5)9(14)13-8(4)7(12)10(15)16/h1-3,7-8H,12H2,(H,13,14)(H,15,16)/t7-,8+/m1/s1. The lowest BCUT2D eigenvalue weighted by Crippen LogP contribution is -2.41. The summed E-state index contributed by atoms with van der Waals surface area (Å²) in [5, 5.41) is 11.1. The van der Waals surface area contributed by atoms with Gasteiger partial charge in [-0.15, -0.1) is 0 Å². The summed E-state index contributed by atoms with van der Waals surface area (Å²) in [6.07, 6.45) is 0. The van der Waals surface area contributed by atoms with Crippen molar-refractivity contribution in [1.82, 2.24) is 5.32 Å². The van der Waals surface area contributed by atoms with E-state index in [4.69, 9.17) is 10.8 Å². The number of hydrogen-bond acceptors (Lipinski definition) is 3. The quantitative estimate of drug-likeness (QED) is 0.660. The van der Waals surface area contributed by atoms with Crippen LogP contribution >= 0.6 is 0 Å². The maximum atomic E-state index is 13.3. The fourth-order valence-electron chi connectivity index (χ4n) is 1.76. The molecule has 0 spiro atoms. The Morgan fingerprint density at radius 2 is 2.25 bits per heavy atom. The van der Waals surface area contributed by atoms with E-state index in [-0.39, 0.29) is 5.56 Å². The molecule has 0 fully saturated rings. The third-order valence-electron chi connectivity index (χ3n) is 2.54. The Labute approximate surface area is 90.1 Å². The second-order valence-corrected chi connectivity index (χ2v) is 3.52. The molecule has 1 aromatic rings. The maximum absolute atomic E-state index is 13.3. The molecular weight excluding hydrogens is 215 g/mol. The van der Waals surface area contributed by atoms with E-state index in [1.165, 1.54) is 12.1 Å². The normalized spacial score (nSPS) is 20.1. The Kier molecular flexibility index (Phi) is 2.35.